The van der Waals surface area contributed by atoms with Crippen LogP contribution in [0.2, 0.25) is 0 Å². The molecule has 82 valence electrons. The molecule has 2 nitrogen and oxygen atoms in total. The van der Waals surface area contributed by atoms with Gasteiger partial charge in [0.1, 0.15) is 0 Å². The molecule has 15 heavy (non-hydrogen) atoms. The van der Waals surface area contributed by atoms with Crippen molar-refractivity contribution < 1.29 is 4.79 Å². The van der Waals surface area contributed by atoms with Crippen LogP contribution in [0, 0.1) is 5.92 Å². The fraction of sp³-hybridized carbons (Fsp3) is 0.500. The first kappa shape index (κ1) is 11.8. The molecule has 2 rings (SSSR count). The van der Waals surface area contributed by atoms with E-state index in [1.807, 2.05) is 6.07 Å². The summed E-state index contributed by atoms with van der Waals surface area (Å²) in [6, 6.07) is 1.91. The van der Waals surface area contributed by atoms with Crippen molar-refractivity contribution in [1.29, 1.82) is 0 Å². The molecule has 0 aliphatic carbocycles. The molecule has 0 aromatic carbocycles. The Balaban J connectivity index is 2.16. The average Bonchev–Trinajstić information content (AvgIpc) is 2.58. The first-order valence-corrected chi connectivity index (χ1v) is 7.28. The Kier molecular flexibility index (Phi) is 3.98. The Hall–Kier alpha value is 0.290. The molecule has 5 heteroatoms. The largest absolute Gasteiger partial charge is 0.316 e. The van der Waals surface area contributed by atoms with Gasteiger partial charge in [-0.15, -0.1) is 11.3 Å². The molecular weight excluding hydrogens is 342 g/mol. The fourth-order valence-corrected chi connectivity index (χ4v) is 4.62. The molecule has 0 radical (unpaired) electrons. The lowest BCUT2D eigenvalue weighted by Crippen LogP contribution is -2.34. The second-order valence-corrected chi connectivity index (χ2v) is 7.39. The third-order valence-corrected chi connectivity index (χ3v) is 4.93. The summed E-state index contributed by atoms with van der Waals surface area (Å²) in [6.45, 7) is 1.86. The van der Waals surface area contributed by atoms with Crippen molar-refractivity contribution in [2.45, 2.75) is 12.8 Å². The second-order valence-electron chi connectivity index (χ2n) is 3.65. The van der Waals surface area contributed by atoms with Crippen LogP contribution in [0.4, 0.5) is 0 Å². The number of piperidine rings is 1. The van der Waals surface area contributed by atoms with Crippen molar-refractivity contribution in [1.82, 2.24) is 5.32 Å². The summed E-state index contributed by atoms with van der Waals surface area (Å²) in [4.78, 5) is 12.1. The number of thiophene rings is 1. The fourth-order valence-electron chi connectivity index (χ4n) is 1.80. The first-order valence-electron chi connectivity index (χ1n) is 4.88. The van der Waals surface area contributed by atoms with Crippen molar-refractivity contribution in [3.05, 3.63) is 19.2 Å². The number of hydrogen-bond acceptors (Lipinski definition) is 3. The maximum Gasteiger partial charge on any atom is 0.169 e. The van der Waals surface area contributed by atoms with Crippen LogP contribution in [-0.4, -0.2) is 18.9 Å². The first-order chi connectivity index (χ1) is 7.18. The van der Waals surface area contributed by atoms with Gasteiger partial charge in [0.15, 0.2) is 5.78 Å². The van der Waals surface area contributed by atoms with E-state index < -0.39 is 0 Å². The van der Waals surface area contributed by atoms with Gasteiger partial charge in [0.2, 0.25) is 0 Å². The summed E-state index contributed by atoms with van der Waals surface area (Å²) in [5, 5.41) is 3.27. The van der Waals surface area contributed by atoms with E-state index in [1.165, 1.54) is 0 Å². The lowest BCUT2D eigenvalue weighted by atomic mass is 9.92. The third-order valence-electron chi connectivity index (χ3n) is 2.59. The number of rotatable bonds is 2. The molecule has 0 amide bonds. The molecule has 1 aromatic heterocycles. The van der Waals surface area contributed by atoms with E-state index in [4.69, 9.17) is 0 Å². The summed E-state index contributed by atoms with van der Waals surface area (Å²) in [5.74, 6) is 0.410. The van der Waals surface area contributed by atoms with E-state index in [-0.39, 0.29) is 11.7 Å². The number of carbonyl (C=O) groups is 1. The number of Topliss-reactive ketones (excluding diaryl/α,β-unsaturated/α-hetero) is 1. The highest BCUT2D eigenvalue weighted by atomic mass is 79.9. The van der Waals surface area contributed by atoms with Crippen LogP contribution >= 0.6 is 43.2 Å². The molecule has 2 heterocycles. The Labute approximate surface area is 110 Å². The molecule has 0 bridgehead atoms. The molecule has 1 unspecified atom stereocenters. The van der Waals surface area contributed by atoms with Gasteiger partial charge in [-0.1, -0.05) is 0 Å². The number of nitrogens with one attached hydrogen (secondary N) is 1. The van der Waals surface area contributed by atoms with Gasteiger partial charge in [0.25, 0.3) is 0 Å². The van der Waals surface area contributed by atoms with Crippen LogP contribution in [0.1, 0.15) is 23.2 Å². The summed E-state index contributed by atoms with van der Waals surface area (Å²) in [7, 11) is 0. The average molecular weight is 353 g/mol. The Morgan fingerprint density at radius 1 is 1.53 bits per heavy atom. The van der Waals surface area contributed by atoms with Gasteiger partial charge in [-0.05, 0) is 57.3 Å². The summed E-state index contributed by atoms with van der Waals surface area (Å²) < 4.78 is 1.94. The normalized spacial score (nSPS) is 21.6. The topological polar surface area (TPSA) is 29.1 Å². The monoisotopic (exact) mass is 351 g/mol. The molecule has 1 atom stereocenters. The maximum atomic E-state index is 12.1. The maximum absolute atomic E-state index is 12.1. The molecule has 1 aliphatic heterocycles. The number of hydrogen-bond donors (Lipinski definition) is 1. The highest BCUT2D eigenvalue weighted by Crippen LogP contribution is 2.34. The predicted molar refractivity (Wildman–Crippen MR) is 69.6 cm³/mol. The van der Waals surface area contributed by atoms with E-state index in [2.05, 4.69) is 37.2 Å². The van der Waals surface area contributed by atoms with Gasteiger partial charge in [-0.2, -0.15) is 0 Å². The van der Waals surface area contributed by atoms with Crippen LogP contribution in [0.25, 0.3) is 0 Å². The van der Waals surface area contributed by atoms with E-state index >= 15 is 0 Å². The number of carbonyl (C=O) groups excluding carboxylic acids is 1. The number of ketones is 1. The van der Waals surface area contributed by atoms with Crippen molar-refractivity contribution in [3.63, 3.8) is 0 Å². The molecular formula is C10H11Br2NOS. The van der Waals surface area contributed by atoms with E-state index in [1.54, 1.807) is 11.3 Å². The van der Waals surface area contributed by atoms with Gasteiger partial charge in [-0.3, -0.25) is 4.79 Å². The highest BCUT2D eigenvalue weighted by molar-refractivity contribution is 9.12. The van der Waals surface area contributed by atoms with Gasteiger partial charge >= 0.3 is 0 Å². The van der Waals surface area contributed by atoms with Crippen molar-refractivity contribution in [2.75, 3.05) is 13.1 Å². The molecule has 1 saturated heterocycles. The Morgan fingerprint density at radius 2 is 2.33 bits per heavy atom. The van der Waals surface area contributed by atoms with Gasteiger partial charge in [0, 0.05) is 18.0 Å². The third kappa shape index (κ3) is 2.70. The molecule has 0 saturated carbocycles. The number of halogens is 2. The van der Waals surface area contributed by atoms with Crippen LogP contribution in [-0.2, 0) is 0 Å². The standard InChI is InChI=1S/C10H11Br2NOS/c11-8-4-7(10(12)15-8)9(14)6-2-1-3-13-5-6/h4,6,13H,1-3,5H2. The SMILES string of the molecule is O=C(c1cc(Br)sc1Br)C1CCCNC1. The highest BCUT2D eigenvalue weighted by Gasteiger charge is 2.24. The summed E-state index contributed by atoms with van der Waals surface area (Å²) in [6.07, 6.45) is 2.10. The minimum atomic E-state index is 0.150. The van der Waals surface area contributed by atoms with Crippen molar-refractivity contribution in [3.8, 4) is 0 Å². The smallest absolute Gasteiger partial charge is 0.169 e. The minimum absolute atomic E-state index is 0.150. The van der Waals surface area contributed by atoms with Gasteiger partial charge in [-0.25, -0.2) is 0 Å². The summed E-state index contributed by atoms with van der Waals surface area (Å²) in [5.41, 5.74) is 0.820. The lowest BCUT2D eigenvalue weighted by molar-refractivity contribution is 0.0899. The van der Waals surface area contributed by atoms with E-state index in [0.717, 1.165) is 39.1 Å². The Morgan fingerprint density at radius 3 is 2.87 bits per heavy atom. The molecule has 1 aromatic rings. The van der Waals surface area contributed by atoms with Crippen LogP contribution in [0.5, 0.6) is 0 Å². The van der Waals surface area contributed by atoms with Crippen LogP contribution < -0.4 is 5.32 Å². The van der Waals surface area contributed by atoms with Crippen LogP contribution in [0.3, 0.4) is 0 Å². The van der Waals surface area contributed by atoms with Gasteiger partial charge in [0.05, 0.1) is 7.57 Å². The summed E-state index contributed by atoms with van der Waals surface area (Å²) >= 11 is 8.38. The molecule has 1 fully saturated rings. The van der Waals surface area contributed by atoms with Crippen molar-refractivity contribution in [2.24, 2.45) is 5.92 Å². The lowest BCUT2D eigenvalue weighted by Gasteiger charge is -2.21. The zero-order chi connectivity index (χ0) is 10.8. The molecule has 1 aliphatic rings. The van der Waals surface area contributed by atoms with E-state index in [0.29, 0.717) is 0 Å². The quantitative estimate of drug-likeness (QED) is 0.826. The predicted octanol–water partition coefficient (Wildman–Crippen LogP) is 3.46. The van der Waals surface area contributed by atoms with E-state index in [9.17, 15) is 4.79 Å². The zero-order valence-corrected chi connectivity index (χ0v) is 12.0. The Bertz CT molecular complexity index is 371. The van der Waals surface area contributed by atoms with Crippen molar-refractivity contribution >= 4 is 49.0 Å². The minimum Gasteiger partial charge on any atom is -0.316 e. The second kappa shape index (κ2) is 5.08. The van der Waals surface area contributed by atoms with Crippen LogP contribution in [0.15, 0.2) is 13.6 Å². The zero-order valence-electron chi connectivity index (χ0n) is 8.06. The molecule has 0 spiro atoms. The van der Waals surface area contributed by atoms with Gasteiger partial charge < -0.3 is 5.32 Å². The molecule has 1 N–H and O–H groups in total.